The molecule has 1 spiro atoms. The van der Waals surface area contributed by atoms with Crippen molar-refractivity contribution in [1.82, 2.24) is 10.2 Å². The van der Waals surface area contributed by atoms with Gasteiger partial charge in [-0.25, -0.2) is 0 Å². The molecule has 2 heterocycles. The molecule has 88 valence electrons. The molecule has 3 heteroatoms. The van der Waals surface area contributed by atoms with Crippen LogP contribution >= 0.6 is 0 Å². The number of nitrogens with one attached hydrogen (secondary N) is 1. The topological polar surface area (TPSA) is 32.3 Å². The summed E-state index contributed by atoms with van der Waals surface area (Å²) in [7, 11) is 0. The summed E-state index contributed by atoms with van der Waals surface area (Å²) in [4.78, 5) is 14.7. The molecule has 1 atom stereocenters. The van der Waals surface area contributed by atoms with E-state index < -0.39 is 0 Å². The van der Waals surface area contributed by atoms with Crippen molar-refractivity contribution in [1.29, 1.82) is 0 Å². The molecule has 3 fully saturated rings. The fourth-order valence-corrected chi connectivity index (χ4v) is 3.66. The Morgan fingerprint density at radius 2 is 1.94 bits per heavy atom. The Balaban J connectivity index is 1.99. The maximum atomic E-state index is 12.6. The fraction of sp³-hybridized carbons (Fsp3) is 0.769. The minimum Gasteiger partial charge on any atom is -0.373 e. The molecule has 0 aromatic carbocycles. The first-order valence-electron chi connectivity index (χ1n) is 6.38. The van der Waals surface area contributed by atoms with Crippen LogP contribution in [-0.4, -0.2) is 28.4 Å². The van der Waals surface area contributed by atoms with Gasteiger partial charge in [0.15, 0.2) is 0 Å². The highest BCUT2D eigenvalue weighted by molar-refractivity contribution is 5.89. The third-order valence-electron chi connectivity index (χ3n) is 4.79. The second-order valence-electron chi connectivity index (χ2n) is 5.73. The Labute approximate surface area is 96.9 Å². The Hall–Kier alpha value is -0.990. The molecule has 1 saturated carbocycles. The SMILES string of the molecule is C=C1NC2(CCCC2)C(=O)N2CCC[C@@]12C. The quantitative estimate of drug-likeness (QED) is 0.675. The molecule has 16 heavy (non-hydrogen) atoms. The van der Waals surface area contributed by atoms with Gasteiger partial charge in [0.05, 0.1) is 5.54 Å². The van der Waals surface area contributed by atoms with Crippen molar-refractivity contribution in [3.63, 3.8) is 0 Å². The van der Waals surface area contributed by atoms with Gasteiger partial charge in [0.2, 0.25) is 5.91 Å². The van der Waals surface area contributed by atoms with Crippen molar-refractivity contribution < 1.29 is 4.79 Å². The monoisotopic (exact) mass is 220 g/mol. The van der Waals surface area contributed by atoms with Gasteiger partial charge in [-0.3, -0.25) is 4.79 Å². The molecule has 1 amide bonds. The second kappa shape index (κ2) is 3.02. The molecule has 0 radical (unpaired) electrons. The lowest BCUT2D eigenvalue weighted by molar-refractivity contribution is -0.144. The first-order valence-corrected chi connectivity index (χ1v) is 6.38. The van der Waals surface area contributed by atoms with E-state index in [0.29, 0.717) is 5.91 Å². The zero-order chi connectivity index (χ0) is 11.4. The van der Waals surface area contributed by atoms with Crippen molar-refractivity contribution in [3.8, 4) is 0 Å². The number of hydrogen-bond acceptors (Lipinski definition) is 2. The standard InChI is InChI=1S/C13H20N2O/c1-10-12(2)6-5-9-15(12)11(16)13(14-10)7-3-4-8-13/h14H,1,3-9H2,2H3/t12-/m0/s1. The number of carbonyl (C=O) groups excluding carboxylic acids is 1. The Morgan fingerprint density at radius 1 is 1.25 bits per heavy atom. The van der Waals surface area contributed by atoms with Crippen LogP contribution < -0.4 is 5.32 Å². The summed E-state index contributed by atoms with van der Waals surface area (Å²) in [5, 5.41) is 3.47. The zero-order valence-corrected chi connectivity index (χ0v) is 10.0. The van der Waals surface area contributed by atoms with Crippen LogP contribution in [0.3, 0.4) is 0 Å². The van der Waals surface area contributed by atoms with Crippen LogP contribution in [0.2, 0.25) is 0 Å². The van der Waals surface area contributed by atoms with Gasteiger partial charge >= 0.3 is 0 Å². The maximum absolute atomic E-state index is 12.6. The van der Waals surface area contributed by atoms with Crippen molar-refractivity contribution >= 4 is 5.91 Å². The minimum absolute atomic E-state index is 0.120. The van der Waals surface area contributed by atoms with Gasteiger partial charge in [-0.1, -0.05) is 19.4 Å². The Kier molecular flexibility index (Phi) is 1.92. The summed E-state index contributed by atoms with van der Waals surface area (Å²) in [6, 6.07) is 0. The van der Waals surface area contributed by atoms with Crippen LogP contribution in [0.1, 0.15) is 45.4 Å². The van der Waals surface area contributed by atoms with E-state index in [1.807, 2.05) is 0 Å². The van der Waals surface area contributed by atoms with Gasteiger partial charge in [0.1, 0.15) is 5.54 Å². The fourth-order valence-electron chi connectivity index (χ4n) is 3.66. The van der Waals surface area contributed by atoms with E-state index in [9.17, 15) is 4.79 Å². The predicted octanol–water partition coefficient (Wildman–Crippen LogP) is 1.80. The molecular weight excluding hydrogens is 200 g/mol. The molecule has 0 aromatic rings. The molecule has 3 nitrogen and oxygen atoms in total. The van der Waals surface area contributed by atoms with Crippen molar-refractivity contribution in [2.45, 2.75) is 56.5 Å². The first kappa shape index (κ1) is 10.2. The summed E-state index contributed by atoms with van der Waals surface area (Å²) in [6.45, 7) is 7.24. The molecular formula is C13H20N2O. The summed E-state index contributed by atoms with van der Waals surface area (Å²) in [5.74, 6) is 0.331. The Bertz CT molecular complexity index is 357. The summed E-state index contributed by atoms with van der Waals surface area (Å²) in [5.41, 5.74) is 0.651. The van der Waals surface area contributed by atoms with Crippen LogP contribution in [0.15, 0.2) is 12.3 Å². The van der Waals surface area contributed by atoms with Crippen LogP contribution in [0.25, 0.3) is 0 Å². The average molecular weight is 220 g/mol. The third-order valence-corrected chi connectivity index (χ3v) is 4.79. The molecule has 1 aliphatic carbocycles. The van der Waals surface area contributed by atoms with E-state index in [1.54, 1.807) is 0 Å². The molecule has 2 aliphatic heterocycles. The number of carbonyl (C=O) groups is 1. The highest BCUT2D eigenvalue weighted by Crippen LogP contribution is 2.44. The Morgan fingerprint density at radius 3 is 2.62 bits per heavy atom. The highest BCUT2D eigenvalue weighted by atomic mass is 16.2. The molecule has 0 unspecified atom stereocenters. The minimum atomic E-state index is -0.291. The lowest BCUT2D eigenvalue weighted by Gasteiger charge is -2.50. The van der Waals surface area contributed by atoms with Crippen LogP contribution in [0, 0.1) is 0 Å². The number of nitrogens with zero attached hydrogens (tertiary/aromatic N) is 1. The zero-order valence-electron chi connectivity index (χ0n) is 10.0. The largest absolute Gasteiger partial charge is 0.373 e. The lowest BCUT2D eigenvalue weighted by atomic mass is 9.84. The summed E-state index contributed by atoms with van der Waals surface area (Å²) in [6.07, 6.45) is 6.46. The van der Waals surface area contributed by atoms with E-state index in [4.69, 9.17) is 0 Å². The van der Waals surface area contributed by atoms with Gasteiger partial charge in [0.25, 0.3) is 0 Å². The van der Waals surface area contributed by atoms with E-state index in [-0.39, 0.29) is 11.1 Å². The van der Waals surface area contributed by atoms with E-state index in [0.717, 1.165) is 50.8 Å². The molecule has 3 aliphatic rings. The molecule has 0 aromatic heterocycles. The maximum Gasteiger partial charge on any atom is 0.249 e. The van der Waals surface area contributed by atoms with Gasteiger partial charge in [-0.05, 0) is 32.6 Å². The van der Waals surface area contributed by atoms with Crippen molar-refractivity contribution in [3.05, 3.63) is 12.3 Å². The van der Waals surface area contributed by atoms with Crippen LogP contribution in [-0.2, 0) is 4.79 Å². The molecule has 1 N–H and O–H groups in total. The summed E-state index contributed by atoms with van der Waals surface area (Å²) >= 11 is 0. The van der Waals surface area contributed by atoms with Gasteiger partial charge in [0, 0.05) is 12.2 Å². The average Bonchev–Trinajstić information content (AvgIpc) is 2.84. The summed E-state index contributed by atoms with van der Waals surface area (Å²) < 4.78 is 0. The number of piperazine rings is 1. The van der Waals surface area contributed by atoms with Crippen LogP contribution in [0.5, 0.6) is 0 Å². The third kappa shape index (κ3) is 1.06. The van der Waals surface area contributed by atoms with Gasteiger partial charge in [-0.15, -0.1) is 0 Å². The van der Waals surface area contributed by atoms with E-state index >= 15 is 0 Å². The predicted molar refractivity (Wildman–Crippen MR) is 62.8 cm³/mol. The second-order valence-corrected chi connectivity index (χ2v) is 5.73. The smallest absolute Gasteiger partial charge is 0.249 e. The number of amides is 1. The number of hydrogen-bond donors (Lipinski definition) is 1. The molecule has 3 rings (SSSR count). The van der Waals surface area contributed by atoms with Crippen molar-refractivity contribution in [2.24, 2.45) is 0 Å². The van der Waals surface area contributed by atoms with E-state index in [2.05, 4.69) is 23.7 Å². The molecule has 0 bridgehead atoms. The van der Waals surface area contributed by atoms with Crippen LogP contribution in [0.4, 0.5) is 0 Å². The highest BCUT2D eigenvalue weighted by Gasteiger charge is 2.55. The van der Waals surface area contributed by atoms with Crippen molar-refractivity contribution in [2.75, 3.05) is 6.54 Å². The van der Waals surface area contributed by atoms with Gasteiger partial charge in [-0.2, -0.15) is 0 Å². The molecule has 2 saturated heterocycles. The normalized spacial score (nSPS) is 36.7. The number of rotatable bonds is 0. The first-order chi connectivity index (χ1) is 7.58. The lowest BCUT2D eigenvalue weighted by Crippen LogP contribution is -2.67. The van der Waals surface area contributed by atoms with Gasteiger partial charge < -0.3 is 10.2 Å². The number of fused-ring (bicyclic) bond motifs is 1. The van der Waals surface area contributed by atoms with E-state index in [1.165, 1.54) is 0 Å².